The predicted octanol–water partition coefficient (Wildman–Crippen LogP) is -0.140. The molecule has 0 bridgehead atoms. The van der Waals surface area contributed by atoms with Crippen LogP contribution in [0.2, 0.25) is 0 Å². The van der Waals surface area contributed by atoms with Crippen LogP contribution in [0.1, 0.15) is 6.42 Å². The van der Waals surface area contributed by atoms with Crippen molar-refractivity contribution in [1.29, 1.82) is 0 Å². The molecule has 2 fully saturated rings. The standard InChI is InChI=1S/C12H25N3O/c1-16-9-8-14-5-2-12(10-14)11-15-6-3-13-4-7-15/h12-13H,2-11H2,1H3. The Bertz CT molecular complexity index is 195. The van der Waals surface area contributed by atoms with Crippen molar-refractivity contribution in [2.45, 2.75) is 6.42 Å². The lowest BCUT2D eigenvalue weighted by molar-refractivity contribution is 0.154. The number of likely N-dealkylation sites (tertiary alicyclic amines) is 1. The summed E-state index contributed by atoms with van der Waals surface area (Å²) in [5, 5.41) is 3.41. The van der Waals surface area contributed by atoms with Crippen molar-refractivity contribution < 1.29 is 4.74 Å². The SMILES string of the molecule is COCCN1CCC(CN2CCNCC2)C1. The zero-order chi connectivity index (χ0) is 11.2. The van der Waals surface area contributed by atoms with Gasteiger partial charge in [-0.05, 0) is 18.9 Å². The van der Waals surface area contributed by atoms with E-state index in [9.17, 15) is 0 Å². The zero-order valence-corrected chi connectivity index (χ0v) is 10.5. The minimum absolute atomic E-state index is 0.875. The number of hydrogen-bond donors (Lipinski definition) is 1. The van der Waals surface area contributed by atoms with Crippen LogP contribution in [0.5, 0.6) is 0 Å². The molecule has 2 aliphatic heterocycles. The Labute approximate surface area is 98.9 Å². The summed E-state index contributed by atoms with van der Waals surface area (Å²) in [7, 11) is 1.79. The Morgan fingerprint density at radius 3 is 2.75 bits per heavy atom. The first kappa shape index (κ1) is 12.3. The van der Waals surface area contributed by atoms with E-state index in [1.807, 2.05) is 0 Å². The van der Waals surface area contributed by atoms with Crippen molar-refractivity contribution in [3.63, 3.8) is 0 Å². The summed E-state index contributed by atoms with van der Waals surface area (Å²) in [6.07, 6.45) is 1.37. The van der Waals surface area contributed by atoms with Crippen LogP contribution >= 0.6 is 0 Å². The Morgan fingerprint density at radius 2 is 2.00 bits per heavy atom. The minimum Gasteiger partial charge on any atom is -0.383 e. The predicted molar refractivity (Wildman–Crippen MR) is 65.7 cm³/mol. The first-order chi connectivity index (χ1) is 7.88. The number of piperazine rings is 1. The molecule has 1 unspecified atom stereocenters. The highest BCUT2D eigenvalue weighted by molar-refractivity contribution is 4.79. The molecule has 94 valence electrons. The lowest BCUT2D eigenvalue weighted by Crippen LogP contribution is -2.45. The van der Waals surface area contributed by atoms with Gasteiger partial charge in [-0.3, -0.25) is 0 Å². The highest BCUT2D eigenvalue weighted by atomic mass is 16.5. The largest absolute Gasteiger partial charge is 0.383 e. The lowest BCUT2D eigenvalue weighted by Gasteiger charge is -2.29. The van der Waals surface area contributed by atoms with Gasteiger partial charge in [-0.15, -0.1) is 0 Å². The highest BCUT2D eigenvalue weighted by Gasteiger charge is 2.24. The molecular weight excluding hydrogens is 202 g/mol. The second-order valence-corrected chi connectivity index (χ2v) is 5.00. The van der Waals surface area contributed by atoms with Crippen LogP contribution in [0, 0.1) is 5.92 Å². The molecule has 0 aliphatic carbocycles. The van der Waals surface area contributed by atoms with Gasteiger partial charge in [0.05, 0.1) is 6.61 Å². The fraction of sp³-hybridized carbons (Fsp3) is 1.00. The van der Waals surface area contributed by atoms with Crippen LogP contribution in [0.3, 0.4) is 0 Å². The van der Waals surface area contributed by atoms with Gasteiger partial charge in [0.1, 0.15) is 0 Å². The Balaban J connectivity index is 1.63. The normalized spacial score (nSPS) is 28.7. The second-order valence-electron chi connectivity index (χ2n) is 5.00. The molecule has 4 nitrogen and oxygen atoms in total. The quantitative estimate of drug-likeness (QED) is 0.707. The fourth-order valence-corrected chi connectivity index (χ4v) is 2.74. The summed E-state index contributed by atoms with van der Waals surface area (Å²) in [5.74, 6) is 0.884. The first-order valence-corrected chi connectivity index (χ1v) is 6.53. The Morgan fingerprint density at radius 1 is 1.19 bits per heavy atom. The molecule has 0 aromatic heterocycles. The van der Waals surface area contributed by atoms with Crippen LogP contribution < -0.4 is 5.32 Å². The van der Waals surface area contributed by atoms with E-state index in [4.69, 9.17) is 4.74 Å². The van der Waals surface area contributed by atoms with Gasteiger partial charge in [-0.25, -0.2) is 0 Å². The zero-order valence-electron chi connectivity index (χ0n) is 10.5. The molecule has 0 amide bonds. The van der Waals surface area contributed by atoms with Gasteiger partial charge < -0.3 is 19.9 Å². The molecule has 0 saturated carbocycles. The summed E-state index contributed by atoms with van der Waals surface area (Å²) < 4.78 is 5.13. The first-order valence-electron chi connectivity index (χ1n) is 6.53. The van der Waals surface area contributed by atoms with Crippen LogP contribution in [0.4, 0.5) is 0 Å². The summed E-state index contributed by atoms with van der Waals surface area (Å²) in [6, 6.07) is 0. The van der Waals surface area contributed by atoms with Gasteiger partial charge in [0, 0.05) is 52.9 Å². The van der Waals surface area contributed by atoms with Gasteiger partial charge >= 0.3 is 0 Å². The molecule has 1 N–H and O–H groups in total. The minimum atomic E-state index is 0.875. The number of hydrogen-bond acceptors (Lipinski definition) is 4. The van der Waals surface area contributed by atoms with E-state index in [0.717, 1.165) is 19.1 Å². The summed E-state index contributed by atoms with van der Waals surface area (Å²) in [6.45, 7) is 10.6. The molecule has 2 aliphatic rings. The third-order valence-corrected chi connectivity index (χ3v) is 3.71. The maximum Gasteiger partial charge on any atom is 0.0589 e. The van der Waals surface area contributed by atoms with Crippen molar-refractivity contribution >= 4 is 0 Å². The Kier molecular flexibility index (Phi) is 5.03. The number of ether oxygens (including phenoxy) is 1. The van der Waals surface area contributed by atoms with Gasteiger partial charge in [0.2, 0.25) is 0 Å². The highest BCUT2D eigenvalue weighted by Crippen LogP contribution is 2.17. The molecule has 0 spiro atoms. The molecule has 0 aromatic rings. The fourth-order valence-electron chi connectivity index (χ4n) is 2.74. The summed E-state index contributed by atoms with van der Waals surface area (Å²) in [4.78, 5) is 5.15. The van der Waals surface area contributed by atoms with Gasteiger partial charge in [-0.2, -0.15) is 0 Å². The second kappa shape index (κ2) is 6.55. The third-order valence-electron chi connectivity index (χ3n) is 3.71. The van der Waals surface area contributed by atoms with Crippen LogP contribution in [0.25, 0.3) is 0 Å². The molecule has 4 heteroatoms. The number of nitrogens with zero attached hydrogens (tertiary/aromatic N) is 2. The number of nitrogens with one attached hydrogen (secondary N) is 1. The molecule has 0 radical (unpaired) electrons. The van der Waals surface area contributed by atoms with E-state index in [0.29, 0.717) is 0 Å². The van der Waals surface area contributed by atoms with E-state index < -0.39 is 0 Å². The van der Waals surface area contributed by atoms with Crippen LogP contribution in [0.15, 0.2) is 0 Å². The molecule has 2 saturated heterocycles. The maximum absolute atomic E-state index is 5.13. The molecule has 1 atom stereocenters. The van der Waals surface area contributed by atoms with Gasteiger partial charge in [0.25, 0.3) is 0 Å². The monoisotopic (exact) mass is 227 g/mol. The molecule has 0 aromatic carbocycles. The summed E-state index contributed by atoms with van der Waals surface area (Å²) in [5.41, 5.74) is 0. The van der Waals surface area contributed by atoms with E-state index in [2.05, 4.69) is 15.1 Å². The maximum atomic E-state index is 5.13. The van der Waals surface area contributed by atoms with E-state index >= 15 is 0 Å². The van der Waals surface area contributed by atoms with E-state index in [-0.39, 0.29) is 0 Å². The van der Waals surface area contributed by atoms with E-state index in [1.54, 1.807) is 7.11 Å². The van der Waals surface area contributed by atoms with Gasteiger partial charge in [-0.1, -0.05) is 0 Å². The number of methoxy groups -OCH3 is 1. The average Bonchev–Trinajstić information content (AvgIpc) is 2.75. The lowest BCUT2D eigenvalue weighted by atomic mass is 10.1. The summed E-state index contributed by atoms with van der Waals surface area (Å²) >= 11 is 0. The number of rotatable bonds is 5. The van der Waals surface area contributed by atoms with Crippen molar-refractivity contribution in [2.24, 2.45) is 5.92 Å². The molecule has 2 rings (SSSR count). The van der Waals surface area contributed by atoms with E-state index in [1.165, 1.54) is 52.2 Å². The van der Waals surface area contributed by atoms with Crippen LogP contribution in [-0.2, 0) is 4.74 Å². The molecular formula is C12H25N3O. The smallest absolute Gasteiger partial charge is 0.0589 e. The van der Waals surface area contributed by atoms with Crippen molar-refractivity contribution in [3.8, 4) is 0 Å². The average molecular weight is 227 g/mol. The van der Waals surface area contributed by atoms with Crippen molar-refractivity contribution in [2.75, 3.05) is 66.1 Å². The third kappa shape index (κ3) is 3.70. The topological polar surface area (TPSA) is 27.7 Å². The van der Waals surface area contributed by atoms with Gasteiger partial charge in [0.15, 0.2) is 0 Å². The van der Waals surface area contributed by atoms with Crippen molar-refractivity contribution in [1.82, 2.24) is 15.1 Å². The Hall–Kier alpha value is -0.160. The van der Waals surface area contributed by atoms with Crippen molar-refractivity contribution in [3.05, 3.63) is 0 Å². The molecule has 16 heavy (non-hydrogen) atoms. The van der Waals surface area contributed by atoms with Crippen LogP contribution in [-0.4, -0.2) is 75.9 Å². The molecule has 2 heterocycles.